The van der Waals surface area contributed by atoms with Crippen LogP contribution in [0.3, 0.4) is 0 Å². The Morgan fingerprint density at radius 2 is 1.79 bits per heavy atom. The molecule has 0 radical (unpaired) electrons. The van der Waals surface area contributed by atoms with Gasteiger partial charge in [0.05, 0.1) is 52.3 Å². The summed E-state index contributed by atoms with van der Waals surface area (Å²) in [5.41, 5.74) is 4.86. The van der Waals surface area contributed by atoms with Gasteiger partial charge < -0.3 is 15.0 Å². The van der Waals surface area contributed by atoms with Crippen molar-refractivity contribution < 1.29 is 17.9 Å². The molecule has 5 heterocycles. The lowest BCUT2D eigenvalue weighted by molar-refractivity contribution is -0.00545. The number of aromatic nitrogens is 3. The van der Waals surface area contributed by atoms with Crippen molar-refractivity contribution in [2.75, 3.05) is 28.8 Å². The minimum Gasteiger partial charge on any atom is -0.372 e. The quantitative estimate of drug-likeness (QED) is 0.333. The highest BCUT2D eigenvalue weighted by Crippen LogP contribution is 2.33. The van der Waals surface area contributed by atoms with E-state index in [9.17, 15) is 13.2 Å². The van der Waals surface area contributed by atoms with Gasteiger partial charge in [-0.05, 0) is 82.1 Å². The first-order valence-electron chi connectivity index (χ1n) is 14.6. The van der Waals surface area contributed by atoms with Crippen molar-refractivity contribution in [2.24, 2.45) is 0 Å². The summed E-state index contributed by atoms with van der Waals surface area (Å²) in [6.45, 7) is 9.64. The second-order valence-electron chi connectivity index (χ2n) is 11.6. The molecule has 0 bridgehead atoms. The molecular weight excluding hydrogens is 564 g/mol. The first kappa shape index (κ1) is 29.0. The van der Waals surface area contributed by atoms with Crippen LogP contribution in [0.25, 0.3) is 22.3 Å². The zero-order chi connectivity index (χ0) is 30.3. The van der Waals surface area contributed by atoms with E-state index in [2.05, 4.69) is 29.0 Å². The Balaban J connectivity index is 1.18. The maximum Gasteiger partial charge on any atom is 0.251 e. The second-order valence-corrected chi connectivity index (χ2v) is 14.0. The smallest absolute Gasteiger partial charge is 0.251 e. The molecule has 3 aromatic heterocycles. The Morgan fingerprint density at radius 1 is 1.02 bits per heavy atom. The number of amides is 1. The van der Waals surface area contributed by atoms with Crippen molar-refractivity contribution in [1.29, 1.82) is 0 Å². The first-order valence-corrected chi connectivity index (χ1v) is 16.1. The van der Waals surface area contributed by atoms with Crippen LogP contribution in [0.15, 0.2) is 60.8 Å². The van der Waals surface area contributed by atoms with Crippen molar-refractivity contribution >= 4 is 38.3 Å². The molecule has 1 N–H and O–H groups in total. The van der Waals surface area contributed by atoms with Crippen LogP contribution in [-0.4, -0.2) is 66.4 Å². The summed E-state index contributed by atoms with van der Waals surface area (Å²) in [6, 6.07) is 17.0. The van der Waals surface area contributed by atoms with Crippen LogP contribution in [0.2, 0.25) is 0 Å². The Labute approximate surface area is 252 Å². The molecule has 0 spiro atoms. The van der Waals surface area contributed by atoms with Crippen LogP contribution in [0.4, 0.5) is 11.5 Å². The summed E-state index contributed by atoms with van der Waals surface area (Å²) in [6.07, 6.45) is 2.65. The average molecular weight is 601 g/mol. The lowest BCUT2D eigenvalue weighted by Gasteiger charge is -2.36. The molecule has 1 fully saturated rings. The molecule has 10 nitrogen and oxygen atoms in total. The van der Waals surface area contributed by atoms with Gasteiger partial charge in [-0.15, -0.1) is 0 Å². The highest BCUT2D eigenvalue weighted by Gasteiger charge is 2.32. The molecule has 2 aliphatic heterocycles. The van der Waals surface area contributed by atoms with Crippen LogP contribution in [0, 0.1) is 0 Å². The van der Waals surface area contributed by atoms with Gasteiger partial charge in [0.25, 0.3) is 5.91 Å². The molecule has 2 atom stereocenters. The highest BCUT2D eigenvalue weighted by atomic mass is 32.2. The molecule has 0 saturated carbocycles. The fourth-order valence-corrected chi connectivity index (χ4v) is 6.99. The number of carbonyl (C=O) groups excluding carboxylic acids is 1. The van der Waals surface area contributed by atoms with Crippen molar-refractivity contribution in [1.82, 2.24) is 20.3 Å². The predicted molar refractivity (Wildman–Crippen MR) is 168 cm³/mol. The number of nitrogens with zero attached hydrogens (tertiary/aromatic N) is 5. The summed E-state index contributed by atoms with van der Waals surface area (Å²) in [5, 5.41) is 3.26. The number of rotatable bonds is 7. The van der Waals surface area contributed by atoms with Gasteiger partial charge in [0.1, 0.15) is 5.82 Å². The number of nitrogens with one attached hydrogen (secondary N) is 1. The van der Waals surface area contributed by atoms with Crippen molar-refractivity contribution in [3.63, 3.8) is 0 Å². The number of carbonyl (C=O) groups is 1. The third-order valence-corrected chi connectivity index (χ3v) is 10.1. The van der Waals surface area contributed by atoms with E-state index in [1.807, 2.05) is 42.5 Å². The maximum atomic E-state index is 13.1. The Bertz CT molecular complexity index is 1780. The molecule has 0 aliphatic carbocycles. The number of benzene rings is 1. The van der Waals surface area contributed by atoms with Crippen molar-refractivity contribution in [2.45, 2.75) is 58.1 Å². The van der Waals surface area contributed by atoms with E-state index in [-0.39, 0.29) is 24.7 Å². The van der Waals surface area contributed by atoms with Gasteiger partial charge in [0.15, 0.2) is 0 Å². The number of hydrogen-bond acceptors (Lipinski definition) is 8. The molecule has 1 saturated heterocycles. The van der Waals surface area contributed by atoms with E-state index < -0.39 is 15.3 Å². The molecule has 11 heteroatoms. The maximum absolute atomic E-state index is 13.1. The SMILES string of the molecule is CC(C)S(=O)(=O)N1CCc2ccc(C(=O)NCc3cc4nc(-c5cccc(N6C[C@@H](C)O[C@@H](C)C6)n5)ccc4cn3)cc21. The minimum atomic E-state index is -3.47. The Kier molecular flexibility index (Phi) is 7.78. The summed E-state index contributed by atoms with van der Waals surface area (Å²) < 4.78 is 32.9. The van der Waals surface area contributed by atoms with Gasteiger partial charge >= 0.3 is 0 Å². The van der Waals surface area contributed by atoms with Crippen LogP contribution in [0.5, 0.6) is 0 Å². The topological polar surface area (TPSA) is 118 Å². The van der Waals surface area contributed by atoms with Crippen LogP contribution in [-0.2, 0) is 27.7 Å². The fourth-order valence-electron chi connectivity index (χ4n) is 5.69. The summed E-state index contributed by atoms with van der Waals surface area (Å²) in [4.78, 5) is 29.6. The monoisotopic (exact) mass is 600 g/mol. The number of fused-ring (bicyclic) bond motifs is 2. The third kappa shape index (κ3) is 5.92. The Morgan fingerprint density at radius 3 is 2.56 bits per heavy atom. The molecule has 0 unspecified atom stereocenters. The second kappa shape index (κ2) is 11.5. The zero-order valence-electron chi connectivity index (χ0n) is 24.8. The number of morpholine rings is 1. The summed E-state index contributed by atoms with van der Waals surface area (Å²) >= 11 is 0. The fraction of sp³-hybridized carbons (Fsp3) is 0.375. The van der Waals surface area contributed by atoms with E-state index in [0.29, 0.717) is 29.9 Å². The van der Waals surface area contributed by atoms with Crippen LogP contribution < -0.4 is 14.5 Å². The lowest BCUT2D eigenvalue weighted by atomic mass is 10.1. The molecular formula is C32H36N6O4S. The largest absolute Gasteiger partial charge is 0.372 e. The molecule has 43 heavy (non-hydrogen) atoms. The van der Waals surface area contributed by atoms with E-state index in [0.717, 1.165) is 46.8 Å². The van der Waals surface area contributed by atoms with E-state index in [1.54, 1.807) is 32.2 Å². The van der Waals surface area contributed by atoms with Crippen molar-refractivity contribution in [3.8, 4) is 11.4 Å². The third-order valence-electron chi connectivity index (χ3n) is 7.90. The summed E-state index contributed by atoms with van der Waals surface area (Å²) in [7, 11) is -3.47. The molecule has 4 aromatic rings. The summed E-state index contributed by atoms with van der Waals surface area (Å²) in [5.74, 6) is 0.601. The predicted octanol–water partition coefficient (Wildman–Crippen LogP) is 4.34. The molecule has 1 aromatic carbocycles. The van der Waals surface area contributed by atoms with Gasteiger partial charge in [-0.3, -0.25) is 14.1 Å². The van der Waals surface area contributed by atoms with E-state index in [1.165, 1.54) is 4.31 Å². The van der Waals surface area contributed by atoms with Gasteiger partial charge in [-0.2, -0.15) is 0 Å². The zero-order valence-corrected chi connectivity index (χ0v) is 25.6. The van der Waals surface area contributed by atoms with E-state index >= 15 is 0 Å². The molecule has 6 rings (SSSR count). The van der Waals surface area contributed by atoms with Gasteiger partial charge in [-0.1, -0.05) is 12.1 Å². The molecule has 2 aliphatic rings. The Hall–Kier alpha value is -4.09. The lowest BCUT2D eigenvalue weighted by Crippen LogP contribution is -2.45. The van der Waals surface area contributed by atoms with Crippen LogP contribution >= 0.6 is 0 Å². The number of sulfonamides is 1. The highest BCUT2D eigenvalue weighted by molar-refractivity contribution is 7.93. The standard InChI is InChI=1S/C32H36N6O4S/c1-20(2)43(40,41)38-13-12-23-8-9-24(14-30(23)38)32(39)34-17-26-15-29-25(16-33-26)10-11-28(35-29)27-6-5-7-31(36-27)37-18-21(3)42-22(4)19-37/h5-11,14-16,20-22H,12-13,17-19H2,1-4H3,(H,34,39)/t21-,22+. The minimum absolute atomic E-state index is 0.137. The molecule has 1 amide bonds. The molecule has 224 valence electrons. The number of ether oxygens (including phenoxy) is 1. The van der Waals surface area contributed by atoms with Crippen LogP contribution in [0.1, 0.15) is 49.3 Å². The average Bonchev–Trinajstić information content (AvgIpc) is 3.43. The normalized spacial score (nSPS) is 18.7. The number of pyridine rings is 3. The van der Waals surface area contributed by atoms with Gasteiger partial charge in [0, 0.05) is 36.8 Å². The number of anilines is 2. The van der Waals surface area contributed by atoms with Gasteiger partial charge in [0.2, 0.25) is 10.0 Å². The van der Waals surface area contributed by atoms with Crippen molar-refractivity contribution in [3.05, 3.63) is 77.6 Å². The first-order chi connectivity index (χ1) is 20.6. The van der Waals surface area contributed by atoms with Gasteiger partial charge in [-0.25, -0.2) is 18.4 Å². The number of hydrogen-bond donors (Lipinski definition) is 1. The van der Waals surface area contributed by atoms with E-state index in [4.69, 9.17) is 14.7 Å².